The molecule has 1 aliphatic rings. The van der Waals surface area contributed by atoms with Gasteiger partial charge < -0.3 is 0 Å². The third kappa shape index (κ3) is 6.69. The van der Waals surface area contributed by atoms with Crippen molar-refractivity contribution in [2.45, 2.75) is 43.8 Å². The van der Waals surface area contributed by atoms with Gasteiger partial charge in [0.1, 0.15) is 0 Å². The summed E-state index contributed by atoms with van der Waals surface area (Å²) in [5.41, 5.74) is 4.16. The summed E-state index contributed by atoms with van der Waals surface area (Å²) in [5.74, 6) is 1.76. The highest BCUT2D eigenvalue weighted by Crippen LogP contribution is 2.38. The van der Waals surface area contributed by atoms with Gasteiger partial charge in [0.05, 0.1) is 14.9 Å². The van der Waals surface area contributed by atoms with Gasteiger partial charge in [-0.25, -0.2) is 0 Å². The van der Waals surface area contributed by atoms with Gasteiger partial charge in [0.2, 0.25) is 0 Å². The topological polar surface area (TPSA) is 0 Å². The van der Waals surface area contributed by atoms with Crippen molar-refractivity contribution >= 4 is 29.0 Å². The molecule has 0 nitrogen and oxygen atoms in total. The van der Waals surface area contributed by atoms with Gasteiger partial charge >= 0.3 is 0 Å². The molecule has 1 saturated carbocycles. The molecule has 0 spiro atoms. The fraction of sp³-hybridized carbons (Fsp3) is 0.333. The van der Waals surface area contributed by atoms with Gasteiger partial charge in [-0.2, -0.15) is 0 Å². The van der Waals surface area contributed by atoms with Crippen LogP contribution in [0, 0.1) is 0 Å². The summed E-state index contributed by atoms with van der Waals surface area (Å²) < 4.78 is 0. The molecule has 0 amide bonds. The van der Waals surface area contributed by atoms with Crippen molar-refractivity contribution in [1.29, 1.82) is 0 Å². The van der Waals surface area contributed by atoms with E-state index in [4.69, 9.17) is 0 Å². The average Bonchev–Trinajstić information content (AvgIpc) is 2.66. The molecule has 1 fully saturated rings. The summed E-state index contributed by atoms with van der Waals surface area (Å²) in [6, 6.07) is 9.32. The molecule has 1 aromatic carbocycles. The van der Waals surface area contributed by atoms with Gasteiger partial charge in [0.25, 0.3) is 0 Å². The molecule has 1 aliphatic carbocycles. The maximum absolute atomic E-state index is 3.81. The molecule has 0 radical (unpaired) electrons. The predicted octanol–water partition coefficient (Wildman–Crippen LogP) is 3.22. The Balaban J connectivity index is 1.91. The predicted molar refractivity (Wildman–Crippen MR) is 123 cm³/mol. The summed E-state index contributed by atoms with van der Waals surface area (Å²) in [6.45, 7) is 7.56. The second kappa shape index (κ2) is 11.1. The lowest BCUT2D eigenvalue weighted by molar-refractivity contribution is 0.443. The first-order valence-corrected chi connectivity index (χ1v) is 9.96. The van der Waals surface area contributed by atoms with Gasteiger partial charge in [-0.15, -0.1) is 0 Å². The molecule has 126 valence electrons. The molecule has 0 aliphatic heterocycles. The van der Waals surface area contributed by atoms with E-state index in [1.165, 1.54) is 63.7 Å². The molecule has 0 aromatic heterocycles. The standard InChI is InChI=1S/C21H30B4/c1-3-5-7-17(6-4-2)16-18-8-10-19(11-9-18)20-12-14-21(15-13-20)23-25-24-22/h3-11,20-21,23-25H,1-2,12-16,22H2/b7-5-,17-6+. The third-order valence-electron chi connectivity index (χ3n) is 5.45. The zero-order chi connectivity index (χ0) is 17.9. The normalized spacial score (nSPS) is 20.9. The van der Waals surface area contributed by atoms with Gasteiger partial charge in [-0.05, 0) is 41.9 Å². The third-order valence-corrected chi connectivity index (χ3v) is 5.45. The van der Waals surface area contributed by atoms with E-state index in [1.54, 1.807) is 0 Å². The molecular formula is C21H30B4. The molecule has 0 heterocycles. The highest BCUT2D eigenvalue weighted by molar-refractivity contribution is 7.41. The van der Waals surface area contributed by atoms with Crippen molar-refractivity contribution in [3.63, 3.8) is 0 Å². The molecule has 2 rings (SSSR count). The van der Waals surface area contributed by atoms with Gasteiger partial charge in [0.15, 0.2) is 0 Å². The lowest BCUT2D eigenvalue weighted by Gasteiger charge is -2.28. The Morgan fingerprint density at radius 1 is 1.08 bits per heavy atom. The highest BCUT2D eigenvalue weighted by atomic mass is 14.2. The van der Waals surface area contributed by atoms with E-state index in [1.807, 2.05) is 18.2 Å². The van der Waals surface area contributed by atoms with E-state index in [0.29, 0.717) is 0 Å². The summed E-state index contributed by atoms with van der Waals surface area (Å²) in [7, 11) is 6.49. The van der Waals surface area contributed by atoms with Crippen LogP contribution in [0.15, 0.2) is 73.4 Å². The van der Waals surface area contributed by atoms with Crippen LogP contribution in [0.4, 0.5) is 0 Å². The van der Waals surface area contributed by atoms with Gasteiger partial charge in [-0.1, -0.05) is 86.5 Å². The fourth-order valence-electron chi connectivity index (χ4n) is 3.94. The second-order valence-corrected chi connectivity index (χ2v) is 7.35. The van der Waals surface area contributed by atoms with Crippen molar-refractivity contribution in [3.8, 4) is 0 Å². The lowest BCUT2D eigenvalue weighted by Crippen LogP contribution is -2.21. The summed E-state index contributed by atoms with van der Waals surface area (Å²) in [4.78, 5) is 0. The zero-order valence-corrected chi connectivity index (χ0v) is 15.9. The molecular weight excluding hydrogens is 295 g/mol. The molecule has 0 saturated heterocycles. The number of rotatable bonds is 9. The summed E-state index contributed by atoms with van der Waals surface area (Å²) >= 11 is 0. The molecule has 25 heavy (non-hydrogen) atoms. The van der Waals surface area contributed by atoms with Crippen LogP contribution in [0.5, 0.6) is 0 Å². The average molecular weight is 326 g/mol. The first-order valence-electron chi connectivity index (χ1n) is 9.96. The van der Waals surface area contributed by atoms with Crippen LogP contribution < -0.4 is 0 Å². The summed E-state index contributed by atoms with van der Waals surface area (Å²) in [6.07, 6.45) is 16.4. The maximum Gasteiger partial charge on any atom is 0.0815 e. The Kier molecular flexibility index (Phi) is 8.80. The van der Waals surface area contributed by atoms with Gasteiger partial charge in [0, 0.05) is 14.1 Å². The second-order valence-electron chi connectivity index (χ2n) is 7.35. The molecule has 0 atom stereocenters. The fourth-order valence-corrected chi connectivity index (χ4v) is 3.94. The van der Waals surface area contributed by atoms with E-state index in [2.05, 4.69) is 57.3 Å². The van der Waals surface area contributed by atoms with E-state index in [0.717, 1.165) is 18.2 Å². The van der Waals surface area contributed by atoms with Crippen LogP contribution in [-0.4, -0.2) is 29.0 Å². The van der Waals surface area contributed by atoms with Crippen LogP contribution in [0.3, 0.4) is 0 Å². The number of hydrogen-bond acceptors (Lipinski definition) is 0. The van der Waals surface area contributed by atoms with Crippen molar-refractivity contribution in [3.05, 3.63) is 84.5 Å². The lowest BCUT2D eigenvalue weighted by atomic mass is 9.11. The van der Waals surface area contributed by atoms with Crippen LogP contribution in [0.2, 0.25) is 5.82 Å². The monoisotopic (exact) mass is 326 g/mol. The first kappa shape index (κ1) is 19.8. The van der Waals surface area contributed by atoms with Crippen molar-refractivity contribution in [2.24, 2.45) is 0 Å². The largest absolute Gasteiger partial charge is 0.0991 e. The molecule has 0 unspecified atom stereocenters. The Morgan fingerprint density at radius 2 is 1.80 bits per heavy atom. The molecule has 0 N–H and O–H groups in total. The van der Waals surface area contributed by atoms with E-state index in [-0.39, 0.29) is 0 Å². The Bertz CT molecular complexity index is 593. The number of benzene rings is 1. The van der Waals surface area contributed by atoms with Crippen LogP contribution in [-0.2, 0) is 6.42 Å². The smallest absolute Gasteiger partial charge is 0.0815 e. The van der Waals surface area contributed by atoms with Crippen LogP contribution >= 0.6 is 0 Å². The molecule has 0 bridgehead atoms. The highest BCUT2D eigenvalue weighted by Gasteiger charge is 2.22. The molecule has 1 aromatic rings. The quantitative estimate of drug-likeness (QED) is 0.483. The Morgan fingerprint density at radius 3 is 2.40 bits per heavy atom. The Labute approximate surface area is 157 Å². The minimum Gasteiger partial charge on any atom is -0.0991 e. The van der Waals surface area contributed by atoms with E-state index in [9.17, 15) is 0 Å². The summed E-state index contributed by atoms with van der Waals surface area (Å²) in [5, 5.41) is 0. The van der Waals surface area contributed by atoms with E-state index < -0.39 is 0 Å². The minimum absolute atomic E-state index is 0.774. The Hall–Kier alpha value is -1.56. The maximum atomic E-state index is 3.81. The van der Waals surface area contributed by atoms with Crippen molar-refractivity contribution in [1.82, 2.24) is 0 Å². The van der Waals surface area contributed by atoms with Gasteiger partial charge in [-0.3, -0.25) is 0 Å². The van der Waals surface area contributed by atoms with Crippen LogP contribution in [0.25, 0.3) is 0 Å². The van der Waals surface area contributed by atoms with Crippen molar-refractivity contribution in [2.75, 3.05) is 0 Å². The number of hydrogen-bond donors (Lipinski definition) is 0. The first-order chi connectivity index (χ1) is 12.3. The van der Waals surface area contributed by atoms with E-state index >= 15 is 0 Å². The molecule has 4 heteroatoms. The van der Waals surface area contributed by atoms with Crippen molar-refractivity contribution < 1.29 is 0 Å². The number of allylic oxidation sites excluding steroid dienone is 6. The SMILES string of the molecule is BBBBC1CCC(c2ccc(CC(/C=C\C=C)=C/C=C)cc2)CC1. The minimum atomic E-state index is 0.774. The van der Waals surface area contributed by atoms with Crippen LogP contribution in [0.1, 0.15) is 42.7 Å². The zero-order valence-electron chi connectivity index (χ0n) is 15.9.